The van der Waals surface area contributed by atoms with Crippen LogP contribution in [0.15, 0.2) is 18.3 Å². The molecular weight excluding hydrogens is 206 g/mol. The molecule has 1 N–H and O–H groups in total. The van der Waals surface area contributed by atoms with Crippen LogP contribution in [0.2, 0.25) is 0 Å². The van der Waals surface area contributed by atoms with Crippen molar-refractivity contribution in [2.45, 2.75) is 19.9 Å². The Morgan fingerprint density at radius 1 is 1.69 bits per heavy atom. The summed E-state index contributed by atoms with van der Waals surface area (Å²) >= 11 is 0. The number of carboxylic acids is 1. The van der Waals surface area contributed by atoms with Crippen molar-refractivity contribution in [1.82, 2.24) is 4.98 Å². The quantitative estimate of drug-likeness (QED) is 0.824. The Kier molecular flexibility index (Phi) is 3.84. The number of aromatic nitrogens is 1. The SMILES string of the molecule is CC(C)N(CC(=O)O)c1ncccc1C#N. The van der Waals surface area contributed by atoms with Crippen LogP contribution in [0.5, 0.6) is 0 Å². The molecule has 1 heterocycles. The molecule has 84 valence electrons. The Morgan fingerprint density at radius 2 is 2.38 bits per heavy atom. The van der Waals surface area contributed by atoms with Crippen LogP contribution in [-0.2, 0) is 4.79 Å². The highest BCUT2D eigenvalue weighted by molar-refractivity contribution is 5.74. The Bertz CT molecular complexity index is 423. The number of nitrogens with zero attached hydrogens (tertiary/aromatic N) is 3. The van der Waals surface area contributed by atoms with Gasteiger partial charge in [0.25, 0.3) is 0 Å². The fourth-order valence-corrected chi connectivity index (χ4v) is 1.36. The van der Waals surface area contributed by atoms with Crippen molar-refractivity contribution in [2.24, 2.45) is 0 Å². The van der Waals surface area contributed by atoms with Crippen molar-refractivity contribution in [3.05, 3.63) is 23.9 Å². The smallest absolute Gasteiger partial charge is 0.323 e. The third-order valence-electron chi connectivity index (χ3n) is 2.11. The van der Waals surface area contributed by atoms with Crippen molar-refractivity contribution in [3.8, 4) is 6.07 Å². The number of carbonyl (C=O) groups is 1. The van der Waals surface area contributed by atoms with Gasteiger partial charge in [0, 0.05) is 12.2 Å². The monoisotopic (exact) mass is 219 g/mol. The molecule has 0 aliphatic carbocycles. The fraction of sp³-hybridized carbons (Fsp3) is 0.364. The lowest BCUT2D eigenvalue weighted by Crippen LogP contribution is -2.36. The Balaban J connectivity index is 3.11. The predicted molar refractivity (Wildman–Crippen MR) is 59.1 cm³/mol. The molecule has 5 heteroatoms. The molecule has 0 unspecified atom stereocenters. The predicted octanol–water partition coefficient (Wildman–Crippen LogP) is 1.25. The lowest BCUT2D eigenvalue weighted by Gasteiger charge is -2.26. The number of rotatable bonds is 4. The van der Waals surface area contributed by atoms with E-state index < -0.39 is 5.97 Å². The van der Waals surface area contributed by atoms with Crippen LogP contribution in [-0.4, -0.2) is 28.6 Å². The second kappa shape index (κ2) is 5.12. The minimum atomic E-state index is -0.941. The molecular formula is C11H13N3O2. The first-order valence-corrected chi connectivity index (χ1v) is 4.89. The van der Waals surface area contributed by atoms with Crippen LogP contribution in [0, 0.1) is 11.3 Å². The highest BCUT2D eigenvalue weighted by atomic mass is 16.4. The van der Waals surface area contributed by atoms with Gasteiger partial charge in [-0.05, 0) is 26.0 Å². The summed E-state index contributed by atoms with van der Waals surface area (Å²) in [7, 11) is 0. The molecule has 0 saturated carbocycles. The summed E-state index contributed by atoms with van der Waals surface area (Å²) in [6, 6.07) is 5.26. The van der Waals surface area contributed by atoms with Crippen LogP contribution in [0.3, 0.4) is 0 Å². The molecule has 16 heavy (non-hydrogen) atoms. The maximum Gasteiger partial charge on any atom is 0.323 e. The summed E-state index contributed by atoms with van der Waals surface area (Å²) < 4.78 is 0. The van der Waals surface area contributed by atoms with E-state index in [9.17, 15) is 4.79 Å². The maximum atomic E-state index is 10.7. The highest BCUT2D eigenvalue weighted by Gasteiger charge is 2.18. The Labute approximate surface area is 93.9 Å². The largest absolute Gasteiger partial charge is 0.480 e. The number of anilines is 1. The van der Waals surface area contributed by atoms with E-state index in [1.54, 1.807) is 23.2 Å². The lowest BCUT2D eigenvalue weighted by atomic mass is 10.2. The summed E-state index contributed by atoms with van der Waals surface area (Å²) in [5.41, 5.74) is 0.387. The Morgan fingerprint density at radius 3 is 2.88 bits per heavy atom. The summed E-state index contributed by atoms with van der Waals surface area (Å²) in [5, 5.41) is 17.7. The zero-order valence-corrected chi connectivity index (χ0v) is 9.21. The molecule has 1 aromatic rings. The van der Waals surface area contributed by atoms with Gasteiger partial charge in [-0.25, -0.2) is 4.98 Å². The molecule has 0 atom stereocenters. The number of pyridine rings is 1. The zero-order chi connectivity index (χ0) is 12.1. The van der Waals surface area contributed by atoms with Gasteiger partial charge in [-0.3, -0.25) is 4.79 Å². The fourth-order valence-electron chi connectivity index (χ4n) is 1.36. The summed E-state index contributed by atoms with van der Waals surface area (Å²) in [6.45, 7) is 3.56. The third kappa shape index (κ3) is 2.70. The van der Waals surface area contributed by atoms with Gasteiger partial charge in [0.1, 0.15) is 18.4 Å². The van der Waals surface area contributed by atoms with Crippen LogP contribution in [0.25, 0.3) is 0 Å². The van der Waals surface area contributed by atoms with Crippen molar-refractivity contribution >= 4 is 11.8 Å². The summed E-state index contributed by atoms with van der Waals surface area (Å²) in [5.74, 6) is -0.523. The van der Waals surface area contributed by atoms with Gasteiger partial charge in [0.05, 0.1) is 5.56 Å². The number of carboxylic acid groups (broad SMARTS) is 1. The van der Waals surface area contributed by atoms with Gasteiger partial charge in [-0.1, -0.05) is 0 Å². The molecule has 0 saturated heterocycles. The van der Waals surface area contributed by atoms with Crippen molar-refractivity contribution in [1.29, 1.82) is 5.26 Å². The van der Waals surface area contributed by atoms with Crippen LogP contribution in [0.1, 0.15) is 19.4 Å². The normalized spacial score (nSPS) is 9.88. The number of hydrogen-bond acceptors (Lipinski definition) is 4. The second-order valence-corrected chi connectivity index (χ2v) is 3.60. The molecule has 0 bridgehead atoms. The summed E-state index contributed by atoms with van der Waals surface area (Å²) in [6.07, 6.45) is 1.55. The van der Waals surface area contributed by atoms with E-state index in [0.29, 0.717) is 11.4 Å². The van der Waals surface area contributed by atoms with E-state index in [1.807, 2.05) is 19.9 Å². The third-order valence-corrected chi connectivity index (χ3v) is 2.11. The highest BCUT2D eigenvalue weighted by Crippen LogP contribution is 2.18. The van der Waals surface area contributed by atoms with Crippen molar-refractivity contribution in [2.75, 3.05) is 11.4 Å². The number of hydrogen-bond donors (Lipinski definition) is 1. The first-order valence-electron chi connectivity index (χ1n) is 4.89. The first kappa shape index (κ1) is 12.0. The van der Waals surface area contributed by atoms with Crippen molar-refractivity contribution < 1.29 is 9.90 Å². The van der Waals surface area contributed by atoms with E-state index in [1.165, 1.54) is 0 Å². The average molecular weight is 219 g/mol. The second-order valence-electron chi connectivity index (χ2n) is 3.60. The van der Waals surface area contributed by atoms with Gasteiger partial charge in [0.2, 0.25) is 0 Å². The molecule has 0 amide bonds. The molecule has 0 fully saturated rings. The maximum absolute atomic E-state index is 10.7. The number of nitriles is 1. The summed E-state index contributed by atoms with van der Waals surface area (Å²) in [4.78, 5) is 16.4. The van der Waals surface area contributed by atoms with Gasteiger partial charge < -0.3 is 10.0 Å². The van der Waals surface area contributed by atoms with Crippen molar-refractivity contribution in [3.63, 3.8) is 0 Å². The molecule has 0 aliphatic heterocycles. The zero-order valence-electron chi connectivity index (χ0n) is 9.21. The van der Waals surface area contributed by atoms with E-state index >= 15 is 0 Å². The topological polar surface area (TPSA) is 77.2 Å². The van der Waals surface area contributed by atoms with E-state index in [2.05, 4.69) is 4.98 Å². The Hall–Kier alpha value is -2.09. The molecule has 5 nitrogen and oxygen atoms in total. The van der Waals surface area contributed by atoms with Crippen LogP contribution < -0.4 is 4.90 Å². The van der Waals surface area contributed by atoms with E-state index in [-0.39, 0.29) is 12.6 Å². The molecule has 1 rings (SSSR count). The van der Waals surface area contributed by atoms with Crippen LogP contribution >= 0.6 is 0 Å². The van der Waals surface area contributed by atoms with E-state index in [0.717, 1.165) is 0 Å². The van der Waals surface area contributed by atoms with Gasteiger partial charge in [-0.2, -0.15) is 5.26 Å². The molecule has 0 aromatic carbocycles. The molecule has 0 aliphatic rings. The van der Waals surface area contributed by atoms with Gasteiger partial charge in [0.15, 0.2) is 0 Å². The number of aliphatic carboxylic acids is 1. The first-order chi connectivity index (χ1) is 7.56. The minimum Gasteiger partial charge on any atom is -0.480 e. The van der Waals surface area contributed by atoms with Gasteiger partial charge in [-0.15, -0.1) is 0 Å². The van der Waals surface area contributed by atoms with E-state index in [4.69, 9.17) is 10.4 Å². The molecule has 1 aromatic heterocycles. The standard InChI is InChI=1S/C11H13N3O2/c1-8(2)14(7-10(15)16)11-9(6-12)4-3-5-13-11/h3-5,8H,7H2,1-2H3,(H,15,16). The lowest BCUT2D eigenvalue weighted by molar-refractivity contribution is -0.135. The minimum absolute atomic E-state index is 0.0295. The molecule has 0 radical (unpaired) electrons. The molecule has 0 spiro atoms. The van der Waals surface area contributed by atoms with Gasteiger partial charge >= 0.3 is 5.97 Å². The average Bonchev–Trinajstić information content (AvgIpc) is 2.25. The van der Waals surface area contributed by atoms with Crippen LogP contribution in [0.4, 0.5) is 5.82 Å².